The molecular weight excluding hydrogens is 298 g/mol. The number of nitrogens with one attached hydrogen (secondary N) is 1. The molecule has 3 N–H and O–H groups in total. The Labute approximate surface area is 136 Å². The van der Waals surface area contributed by atoms with Gasteiger partial charge in [-0.2, -0.15) is 0 Å². The minimum atomic E-state index is -0.165. The molecule has 1 aliphatic heterocycles. The van der Waals surface area contributed by atoms with Crippen molar-refractivity contribution in [2.75, 3.05) is 51.3 Å². The summed E-state index contributed by atoms with van der Waals surface area (Å²) in [5.41, 5.74) is 0.658. The molecule has 128 valence electrons. The molecule has 2 amide bonds. The first-order valence-electron chi connectivity index (χ1n) is 7.93. The molecule has 0 aromatic heterocycles. The lowest BCUT2D eigenvalue weighted by atomic mass is 10.1. The number of amides is 2. The quantitative estimate of drug-likeness (QED) is 0.652. The van der Waals surface area contributed by atoms with Crippen molar-refractivity contribution in [3.05, 3.63) is 24.3 Å². The topological polar surface area (TPSA) is 85.3 Å². The van der Waals surface area contributed by atoms with Gasteiger partial charge in [-0.25, -0.2) is 4.79 Å². The van der Waals surface area contributed by atoms with E-state index >= 15 is 0 Å². The van der Waals surface area contributed by atoms with Gasteiger partial charge < -0.3 is 25.2 Å². The van der Waals surface area contributed by atoms with Gasteiger partial charge in [0.2, 0.25) is 0 Å². The number of likely N-dealkylation sites (tertiary alicyclic amines) is 1. The van der Waals surface area contributed by atoms with E-state index in [0.717, 1.165) is 0 Å². The fraction of sp³-hybridized carbons (Fsp3) is 0.562. The molecule has 1 aliphatic rings. The van der Waals surface area contributed by atoms with Crippen LogP contribution in [-0.4, -0.2) is 78.1 Å². The largest absolute Gasteiger partial charge is 0.492 e. The van der Waals surface area contributed by atoms with Gasteiger partial charge in [0, 0.05) is 32.2 Å². The number of para-hydroxylation sites is 2. The number of carbonyl (C=O) groups excluding carboxylic acids is 1. The molecule has 1 heterocycles. The summed E-state index contributed by atoms with van der Waals surface area (Å²) in [6.45, 7) is 4.72. The molecule has 0 unspecified atom stereocenters. The minimum absolute atomic E-state index is 0.0461. The molecule has 7 heteroatoms. The zero-order valence-corrected chi connectivity index (χ0v) is 13.4. The van der Waals surface area contributed by atoms with E-state index < -0.39 is 0 Å². The maximum absolute atomic E-state index is 12.3. The van der Waals surface area contributed by atoms with E-state index in [1.165, 1.54) is 0 Å². The van der Waals surface area contributed by atoms with Crippen LogP contribution >= 0.6 is 0 Å². The van der Waals surface area contributed by atoms with Crippen LogP contribution in [0.15, 0.2) is 24.3 Å². The standard InChI is InChI=1S/C16H25N3O4/c1-2-23-15-6-4-3-5-14(15)17-16(22)19-11-13(12-19)18(7-9-20)8-10-21/h3-6,13,20-21H,2,7-12H2,1H3,(H,17,22). The second kappa shape index (κ2) is 8.71. The third-order valence-corrected chi connectivity index (χ3v) is 3.87. The van der Waals surface area contributed by atoms with E-state index in [-0.39, 0.29) is 25.3 Å². The highest BCUT2D eigenvalue weighted by molar-refractivity contribution is 5.91. The summed E-state index contributed by atoms with van der Waals surface area (Å²) in [6, 6.07) is 7.36. The number of nitrogens with zero attached hydrogens (tertiary/aromatic N) is 2. The summed E-state index contributed by atoms with van der Waals surface area (Å²) >= 11 is 0. The second-order valence-electron chi connectivity index (χ2n) is 5.40. The van der Waals surface area contributed by atoms with Crippen molar-refractivity contribution in [3.63, 3.8) is 0 Å². The SMILES string of the molecule is CCOc1ccccc1NC(=O)N1CC(N(CCO)CCO)C1. The summed E-state index contributed by atoms with van der Waals surface area (Å²) in [5, 5.41) is 21.0. The number of benzene rings is 1. The van der Waals surface area contributed by atoms with E-state index in [9.17, 15) is 4.79 Å². The summed E-state index contributed by atoms with van der Waals surface area (Å²) in [7, 11) is 0. The maximum Gasteiger partial charge on any atom is 0.322 e. The first kappa shape index (κ1) is 17.5. The third-order valence-electron chi connectivity index (χ3n) is 3.87. The predicted octanol–water partition coefficient (Wildman–Crippen LogP) is 0.588. The van der Waals surface area contributed by atoms with Gasteiger partial charge in [0.1, 0.15) is 5.75 Å². The van der Waals surface area contributed by atoms with Crippen molar-refractivity contribution < 1.29 is 19.7 Å². The van der Waals surface area contributed by atoms with Gasteiger partial charge in [-0.05, 0) is 19.1 Å². The molecule has 0 aliphatic carbocycles. The van der Waals surface area contributed by atoms with Crippen LogP contribution in [0, 0.1) is 0 Å². The van der Waals surface area contributed by atoms with Crippen molar-refractivity contribution >= 4 is 11.7 Å². The van der Waals surface area contributed by atoms with E-state index in [2.05, 4.69) is 5.32 Å². The summed E-state index contributed by atoms with van der Waals surface area (Å²) in [4.78, 5) is 16.0. The highest BCUT2D eigenvalue weighted by Gasteiger charge is 2.34. The molecule has 0 radical (unpaired) electrons. The summed E-state index contributed by atoms with van der Waals surface area (Å²) in [6.07, 6.45) is 0. The highest BCUT2D eigenvalue weighted by atomic mass is 16.5. The van der Waals surface area contributed by atoms with Crippen molar-refractivity contribution in [1.82, 2.24) is 9.80 Å². The van der Waals surface area contributed by atoms with E-state index in [1.807, 2.05) is 36.1 Å². The summed E-state index contributed by atoms with van der Waals surface area (Å²) < 4.78 is 5.50. The van der Waals surface area contributed by atoms with Crippen LogP contribution in [-0.2, 0) is 0 Å². The van der Waals surface area contributed by atoms with Gasteiger partial charge in [-0.3, -0.25) is 4.90 Å². The highest BCUT2D eigenvalue weighted by Crippen LogP contribution is 2.25. The molecular formula is C16H25N3O4. The number of rotatable bonds is 8. The molecule has 23 heavy (non-hydrogen) atoms. The number of hydrogen-bond acceptors (Lipinski definition) is 5. The maximum atomic E-state index is 12.3. The molecule has 0 saturated carbocycles. The Morgan fingerprint density at radius 2 is 1.96 bits per heavy atom. The molecule has 2 rings (SSSR count). The number of aliphatic hydroxyl groups is 2. The zero-order chi connectivity index (χ0) is 16.7. The average molecular weight is 323 g/mol. The van der Waals surface area contributed by atoms with Crippen LogP contribution in [0.2, 0.25) is 0 Å². The Hall–Kier alpha value is -1.83. The molecule has 1 fully saturated rings. The summed E-state index contributed by atoms with van der Waals surface area (Å²) in [5.74, 6) is 0.655. The van der Waals surface area contributed by atoms with Crippen LogP contribution < -0.4 is 10.1 Å². The molecule has 0 spiro atoms. The van der Waals surface area contributed by atoms with E-state index in [1.54, 1.807) is 4.90 Å². The Morgan fingerprint density at radius 3 is 2.57 bits per heavy atom. The van der Waals surface area contributed by atoms with Gasteiger partial charge in [0.25, 0.3) is 0 Å². The predicted molar refractivity (Wildman–Crippen MR) is 87.7 cm³/mol. The Kier molecular flexibility index (Phi) is 6.64. The lowest BCUT2D eigenvalue weighted by molar-refractivity contribution is 0.0393. The monoisotopic (exact) mass is 323 g/mol. The third kappa shape index (κ3) is 4.57. The second-order valence-corrected chi connectivity index (χ2v) is 5.40. The van der Waals surface area contributed by atoms with Gasteiger partial charge >= 0.3 is 6.03 Å². The average Bonchev–Trinajstić information content (AvgIpc) is 2.48. The smallest absolute Gasteiger partial charge is 0.322 e. The lowest BCUT2D eigenvalue weighted by Crippen LogP contribution is -2.62. The van der Waals surface area contributed by atoms with Crippen LogP contribution in [0.5, 0.6) is 5.75 Å². The van der Waals surface area contributed by atoms with Crippen LogP contribution in [0.4, 0.5) is 10.5 Å². The van der Waals surface area contributed by atoms with Crippen LogP contribution in [0.3, 0.4) is 0 Å². The number of urea groups is 1. The fourth-order valence-corrected chi connectivity index (χ4v) is 2.63. The number of anilines is 1. The number of ether oxygens (including phenoxy) is 1. The van der Waals surface area contributed by atoms with Crippen molar-refractivity contribution in [3.8, 4) is 5.75 Å². The Bertz CT molecular complexity index is 500. The van der Waals surface area contributed by atoms with Crippen molar-refractivity contribution in [2.24, 2.45) is 0 Å². The molecule has 0 atom stereocenters. The van der Waals surface area contributed by atoms with Gasteiger partial charge in [0.05, 0.1) is 25.5 Å². The van der Waals surface area contributed by atoms with Gasteiger partial charge in [0.15, 0.2) is 0 Å². The molecule has 0 bridgehead atoms. The number of hydrogen-bond donors (Lipinski definition) is 3. The normalized spacial score (nSPS) is 14.7. The van der Waals surface area contributed by atoms with Crippen molar-refractivity contribution in [2.45, 2.75) is 13.0 Å². The minimum Gasteiger partial charge on any atom is -0.492 e. The van der Waals surface area contributed by atoms with Crippen molar-refractivity contribution in [1.29, 1.82) is 0 Å². The number of aliphatic hydroxyl groups excluding tert-OH is 2. The van der Waals surface area contributed by atoms with Crippen LogP contribution in [0.1, 0.15) is 6.92 Å². The molecule has 1 saturated heterocycles. The van der Waals surface area contributed by atoms with E-state index in [0.29, 0.717) is 44.2 Å². The van der Waals surface area contributed by atoms with Crippen LogP contribution in [0.25, 0.3) is 0 Å². The zero-order valence-electron chi connectivity index (χ0n) is 13.4. The first-order valence-corrected chi connectivity index (χ1v) is 7.93. The first-order chi connectivity index (χ1) is 11.2. The van der Waals surface area contributed by atoms with Gasteiger partial charge in [-0.1, -0.05) is 12.1 Å². The Morgan fingerprint density at radius 1 is 1.30 bits per heavy atom. The fourth-order valence-electron chi connectivity index (χ4n) is 2.63. The molecule has 1 aromatic carbocycles. The van der Waals surface area contributed by atoms with E-state index in [4.69, 9.17) is 14.9 Å². The lowest BCUT2D eigenvalue weighted by Gasteiger charge is -2.45. The number of carbonyl (C=O) groups is 1. The molecule has 7 nitrogen and oxygen atoms in total. The Balaban J connectivity index is 1.87. The van der Waals surface area contributed by atoms with Gasteiger partial charge in [-0.15, -0.1) is 0 Å². The molecule has 1 aromatic rings.